The molecule has 17 heavy (non-hydrogen) atoms. The summed E-state index contributed by atoms with van der Waals surface area (Å²) in [5.74, 6) is 3.97. The van der Waals surface area contributed by atoms with Crippen molar-refractivity contribution in [3.8, 4) is 5.75 Å². The molecule has 2 aliphatic rings. The monoisotopic (exact) mass is 332 g/mol. The molecule has 0 N–H and O–H groups in total. The summed E-state index contributed by atoms with van der Waals surface area (Å²) in [6, 6.07) is 4.37. The van der Waals surface area contributed by atoms with Gasteiger partial charge in [0.1, 0.15) is 5.75 Å². The number of hydrogen-bond acceptors (Lipinski definition) is 2. The molecule has 2 unspecified atom stereocenters. The number of rotatable bonds is 2. The molecule has 0 aromatic heterocycles. The van der Waals surface area contributed by atoms with Crippen LogP contribution in [0.2, 0.25) is 0 Å². The van der Waals surface area contributed by atoms with Crippen LogP contribution in [0.3, 0.4) is 0 Å². The summed E-state index contributed by atoms with van der Waals surface area (Å²) in [6.07, 6.45) is 2.08. The van der Waals surface area contributed by atoms with Gasteiger partial charge < -0.3 is 4.74 Å². The number of halogens is 2. The number of thioether (sulfide) groups is 1. The van der Waals surface area contributed by atoms with E-state index in [1.165, 1.54) is 16.9 Å². The molecule has 3 rings (SSSR count). The number of alkyl halides is 1. The fraction of sp³-hybridized carbons (Fsp3) is 0.538. The molecule has 1 nitrogen and oxygen atoms in total. The van der Waals surface area contributed by atoms with Crippen LogP contribution in [0, 0.1) is 5.92 Å². The first-order chi connectivity index (χ1) is 8.24. The molecule has 0 bridgehead atoms. The molecule has 2 atom stereocenters. The minimum atomic E-state index is 0.316. The maximum atomic E-state index is 6.35. The Morgan fingerprint density at radius 2 is 2.29 bits per heavy atom. The highest BCUT2D eigenvalue weighted by molar-refractivity contribution is 9.10. The van der Waals surface area contributed by atoms with E-state index in [0.29, 0.717) is 11.3 Å². The molecule has 1 aromatic rings. The largest absolute Gasteiger partial charge is 0.493 e. The summed E-state index contributed by atoms with van der Waals surface area (Å²) in [4.78, 5) is 0. The maximum absolute atomic E-state index is 6.35. The summed E-state index contributed by atoms with van der Waals surface area (Å²) in [6.45, 7) is 0.822. The highest BCUT2D eigenvalue weighted by Crippen LogP contribution is 2.38. The lowest BCUT2D eigenvalue weighted by Crippen LogP contribution is -2.15. The predicted octanol–water partition coefficient (Wildman–Crippen LogP) is 3.90. The zero-order chi connectivity index (χ0) is 11.8. The summed E-state index contributed by atoms with van der Waals surface area (Å²) >= 11 is 11.9. The van der Waals surface area contributed by atoms with E-state index in [4.69, 9.17) is 16.3 Å². The second-order valence-electron chi connectivity index (χ2n) is 4.67. The first-order valence-corrected chi connectivity index (χ1v) is 8.28. The van der Waals surface area contributed by atoms with Gasteiger partial charge in [0, 0.05) is 22.0 Å². The quantitative estimate of drug-likeness (QED) is 0.759. The molecule has 2 aliphatic heterocycles. The van der Waals surface area contributed by atoms with Crippen molar-refractivity contribution < 1.29 is 4.74 Å². The molecule has 1 saturated heterocycles. The van der Waals surface area contributed by atoms with Gasteiger partial charge in [0.2, 0.25) is 0 Å². The maximum Gasteiger partial charge on any atom is 0.125 e. The van der Waals surface area contributed by atoms with Crippen molar-refractivity contribution in [2.75, 3.05) is 18.1 Å². The minimum absolute atomic E-state index is 0.316. The molecule has 0 amide bonds. The van der Waals surface area contributed by atoms with Crippen molar-refractivity contribution >= 4 is 39.3 Å². The summed E-state index contributed by atoms with van der Waals surface area (Å²) in [7, 11) is 0. The highest BCUT2D eigenvalue weighted by atomic mass is 79.9. The van der Waals surface area contributed by atoms with Crippen LogP contribution in [0.1, 0.15) is 11.1 Å². The van der Waals surface area contributed by atoms with Crippen LogP contribution < -0.4 is 4.74 Å². The summed E-state index contributed by atoms with van der Waals surface area (Å²) < 4.78 is 6.92. The molecule has 1 fully saturated rings. The Hall–Kier alpha value is 0.140. The number of benzene rings is 1. The van der Waals surface area contributed by atoms with Gasteiger partial charge in [0.05, 0.1) is 6.61 Å². The molecular formula is C13H14BrClOS. The Morgan fingerprint density at radius 1 is 1.41 bits per heavy atom. The lowest BCUT2D eigenvalue weighted by Gasteiger charge is -2.15. The van der Waals surface area contributed by atoms with Gasteiger partial charge in [-0.25, -0.2) is 0 Å². The fourth-order valence-electron chi connectivity index (χ4n) is 2.54. The van der Waals surface area contributed by atoms with E-state index in [1.807, 2.05) is 11.8 Å². The summed E-state index contributed by atoms with van der Waals surface area (Å²) in [5, 5.41) is 0.316. The smallest absolute Gasteiger partial charge is 0.125 e. The third kappa shape index (κ3) is 2.47. The zero-order valence-corrected chi connectivity index (χ0v) is 12.6. The first kappa shape index (κ1) is 12.2. The van der Waals surface area contributed by atoms with Crippen LogP contribution in [0.15, 0.2) is 16.6 Å². The van der Waals surface area contributed by atoms with Crippen molar-refractivity contribution in [1.29, 1.82) is 0 Å². The van der Waals surface area contributed by atoms with Crippen LogP contribution in [0.5, 0.6) is 5.75 Å². The van der Waals surface area contributed by atoms with E-state index in [9.17, 15) is 0 Å². The van der Waals surface area contributed by atoms with Crippen molar-refractivity contribution in [1.82, 2.24) is 0 Å². The molecule has 0 saturated carbocycles. The SMILES string of the molecule is ClC1CSCC1Cc1cc(Br)cc2c1OCC2. The van der Waals surface area contributed by atoms with Crippen LogP contribution in [-0.4, -0.2) is 23.5 Å². The Balaban J connectivity index is 1.87. The van der Waals surface area contributed by atoms with Gasteiger partial charge in [-0.05, 0) is 41.4 Å². The van der Waals surface area contributed by atoms with E-state index in [2.05, 4.69) is 28.1 Å². The molecule has 92 valence electrons. The molecule has 0 radical (unpaired) electrons. The molecule has 2 heterocycles. The lowest BCUT2D eigenvalue weighted by molar-refractivity contribution is 0.351. The molecule has 1 aromatic carbocycles. The standard InChI is InChI=1S/C13H14BrClOS/c14-11-4-8-1-2-16-13(8)9(5-11)3-10-6-17-7-12(10)15/h4-5,10,12H,1-3,6-7H2. The average molecular weight is 334 g/mol. The zero-order valence-electron chi connectivity index (χ0n) is 9.42. The molecule has 4 heteroatoms. The van der Waals surface area contributed by atoms with Gasteiger partial charge in [0.25, 0.3) is 0 Å². The van der Waals surface area contributed by atoms with Crippen molar-refractivity contribution in [3.63, 3.8) is 0 Å². The third-order valence-corrected chi connectivity index (χ3v) is 5.84. The molecular weight excluding hydrogens is 320 g/mol. The lowest BCUT2D eigenvalue weighted by atomic mass is 9.96. The van der Waals surface area contributed by atoms with E-state index in [0.717, 1.165) is 35.4 Å². The van der Waals surface area contributed by atoms with Gasteiger partial charge in [0.15, 0.2) is 0 Å². The molecule has 0 spiro atoms. The van der Waals surface area contributed by atoms with E-state index < -0.39 is 0 Å². The van der Waals surface area contributed by atoms with Crippen molar-refractivity contribution in [2.24, 2.45) is 5.92 Å². The van der Waals surface area contributed by atoms with E-state index in [1.54, 1.807) is 0 Å². The Labute approximate surface area is 119 Å². The van der Waals surface area contributed by atoms with Crippen molar-refractivity contribution in [3.05, 3.63) is 27.7 Å². The second kappa shape index (κ2) is 5.02. The number of hydrogen-bond donors (Lipinski definition) is 0. The van der Waals surface area contributed by atoms with E-state index in [-0.39, 0.29) is 0 Å². The van der Waals surface area contributed by atoms with Crippen LogP contribution in [0.25, 0.3) is 0 Å². The number of ether oxygens (including phenoxy) is 1. The Kier molecular flexibility index (Phi) is 3.60. The first-order valence-electron chi connectivity index (χ1n) is 5.90. The van der Waals surface area contributed by atoms with Gasteiger partial charge in [-0.1, -0.05) is 15.9 Å². The van der Waals surface area contributed by atoms with Gasteiger partial charge >= 0.3 is 0 Å². The Bertz CT molecular complexity index is 438. The van der Waals surface area contributed by atoms with Gasteiger partial charge in [-0.15, -0.1) is 11.6 Å². The normalized spacial score (nSPS) is 26.9. The van der Waals surface area contributed by atoms with Gasteiger partial charge in [-0.3, -0.25) is 0 Å². The van der Waals surface area contributed by atoms with Gasteiger partial charge in [-0.2, -0.15) is 11.8 Å². The minimum Gasteiger partial charge on any atom is -0.493 e. The van der Waals surface area contributed by atoms with Crippen LogP contribution in [0.4, 0.5) is 0 Å². The predicted molar refractivity (Wildman–Crippen MR) is 77.5 cm³/mol. The van der Waals surface area contributed by atoms with Crippen LogP contribution in [-0.2, 0) is 12.8 Å². The van der Waals surface area contributed by atoms with Crippen LogP contribution >= 0.6 is 39.3 Å². The number of fused-ring (bicyclic) bond motifs is 1. The van der Waals surface area contributed by atoms with Crippen molar-refractivity contribution in [2.45, 2.75) is 18.2 Å². The summed E-state index contributed by atoms with van der Waals surface area (Å²) in [5.41, 5.74) is 2.66. The van der Waals surface area contributed by atoms with E-state index >= 15 is 0 Å². The average Bonchev–Trinajstić information content (AvgIpc) is 2.88. The molecule has 0 aliphatic carbocycles. The second-order valence-corrected chi connectivity index (χ2v) is 7.22. The Morgan fingerprint density at radius 3 is 3.06 bits per heavy atom. The topological polar surface area (TPSA) is 9.23 Å². The highest BCUT2D eigenvalue weighted by Gasteiger charge is 2.28. The fourth-order valence-corrected chi connectivity index (χ4v) is 4.93. The third-order valence-electron chi connectivity index (χ3n) is 3.43.